The first-order valence-corrected chi connectivity index (χ1v) is 7.86. The number of nitrogens with one attached hydrogen (secondary N) is 2. The number of fused-ring (bicyclic) bond motifs is 1. The van der Waals surface area contributed by atoms with Crippen molar-refractivity contribution in [1.29, 1.82) is 0 Å². The van der Waals surface area contributed by atoms with Gasteiger partial charge in [-0.3, -0.25) is 16.0 Å². The highest BCUT2D eigenvalue weighted by atomic mass is 32.1. The Hall–Kier alpha value is -1.92. The lowest BCUT2D eigenvalue weighted by molar-refractivity contribution is 0.102. The number of benzene rings is 1. The molecule has 6 heteroatoms. The third-order valence-electron chi connectivity index (χ3n) is 3.70. The molecule has 0 atom stereocenters. The van der Waals surface area contributed by atoms with Crippen molar-refractivity contribution in [2.24, 2.45) is 5.84 Å². The summed E-state index contributed by atoms with van der Waals surface area (Å²) >= 11 is 1.60. The Kier molecular flexibility index (Phi) is 3.90. The summed E-state index contributed by atoms with van der Waals surface area (Å²) in [5, 5.41) is 3.61. The van der Waals surface area contributed by atoms with Crippen LogP contribution in [0.25, 0.3) is 0 Å². The Labute approximate surface area is 127 Å². The van der Waals surface area contributed by atoms with E-state index in [4.69, 9.17) is 5.84 Å². The van der Waals surface area contributed by atoms with E-state index >= 15 is 0 Å². The van der Waals surface area contributed by atoms with Gasteiger partial charge in [0.1, 0.15) is 0 Å². The highest BCUT2D eigenvalue weighted by Gasteiger charge is 2.17. The minimum absolute atomic E-state index is 0.123. The van der Waals surface area contributed by atoms with Gasteiger partial charge in [-0.05, 0) is 56.4 Å². The molecule has 0 unspecified atom stereocenters. The fourth-order valence-corrected chi connectivity index (χ4v) is 3.62. The Morgan fingerprint density at radius 2 is 2.14 bits per heavy atom. The molecule has 2 aromatic rings. The molecule has 0 saturated heterocycles. The monoisotopic (exact) mass is 302 g/mol. The van der Waals surface area contributed by atoms with Crippen molar-refractivity contribution in [1.82, 2.24) is 4.98 Å². The zero-order chi connectivity index (χ0) is 14.8. The quantitative estimate of drug-likeness (QED) is 0.601. The molecular formula is C15H18N4OS. The van der Waals surface area contributed by atoms with E-state index in [2.05, 4.69) is 15.7 Å². The van der Waals surface area contributed by atoms with Crippen LogP contribution in [0.2, 0.25) is 0 Å². The van der Waals surface area contributed by atoms with Crippen LogP contribution < -0.4 is 16.6 Å². The van der Waals surface area contributed by atoms with Crippen LogP contribution in [0.4, 0.5) is 10.8 Å². The molecule has 4 N–H and O–H groups in total. The topological polar surface area (TPSA) is 80.0 Å². The van der Waals surface area contributed by atoms with E-state index in [0.29, 0.717) is 10.7 Å². The number of thiazole rings is 1. The molecule has 3 rings (SSSR count). The molecular weight excluding hydrogens is 284 g/mol. The summed E-state index contributed by atoms with van der Waals surface area (Å²) in [6.45, 7) is 1.89. The minimum atomic E-state index is -0.123. The van der Waals surface area contributed by atoms with Crippen molar-refractivity contribution in [2.75, 3.05) is 10.7 Å². The maximum absolute atomic E-state index is 12.4. The highest BCUT2D eigenvalue weighted by molar-refractivity contribution is 7.15. The molecule has 0 aliphatic heterocycles. The predicted octanol–water partition coefficient (Wildman–Crippen LogP) is 2.87. The molecule has 1 aliphatic rings. The van der Waals surface area contributed by atoms with Gasteiger partial charge < -0.3 is 5.43 Å². The van der Waals surface area contributed by atoms with E-state index in [1.807, 2.05) is 13.0 Å². The summed E-state index contributed by atoms with van der Waals surface area (Å²) in [7, 11) is 0. The van der Waals surface area contributed by atoms with Crippen molar-refractivity contribution >= 4 is 28.1 Å². The first kappa shape index (κ1) is 14.0. The summed E-state index contributed by atoms with van der Waals surface area (Å²) in [5.41, 5.74) is 6.03. The van der Waals surface area contributed by atoms with Crippen LogP contribution in [0.3, 0.4) is 0 Å². The highest BCUT2D eigenvalue weighted by Crippen LogP contribution is 2.30. The second kappa shape index (κ2) is 5.83. The Morgan fingerprint density at radius 1 is 1.33 bits per heavy atom. The molecule has 0 bridgehead atoms. The van der Waals surface area contributed by atoms with E-state index in [1.54, 1.807) is 23.5 Å². The first-order chi connectivity index (χ1) is 10.2. The van der Waals surface area contributed by atoms with E-state index < -0.39 is 0 Å². The zero-order valence-electron chi connectivity index (χ0n) is 11.9. The molecule has 5 nitrogen and oxygen atoms in total. The lowest BCUT2D eigenvalue weighted by Gasteiger charge is -2.07. The van der Waals surface area contributed by atoms with Crippen molar-refractivity contribution in [2.45, 2.75) is 32.6 Å². The molecule has 1 aliphatic carbocycles. The van der Waals surface area contributed by atoms with Crippen LogP contribution in [-0.2, 0) is 12.8 Å². The molecule has 1 heterocycles. The van der Waals surface area contributed by atoms with Gasteiger partial charge in [0.25, 0.3) is 5.91 Å². The van der Waals surface area contributed by atoms with Gasteiger partial charge in [-0.1, -0.05) is 0 Å². The largest absolute Gasteiger partial charge is 0.324 e. The van der Waals surface area contributed by atoms with Gasteiger partial charge in [0.2, 0.25) is 0 Å². The summed E-state index contributed by atoms with van der Waals surface area (Å²) in [6.07, 6.45) is 4.52. The van der Waals surface area contributed by atoms with Crippen molar-refractivity contribution in [3.63, 3.8) is 0 Å². The van der Waals surface area contributed by atoms with Gasteiger partial charge in [0, 0.05) is 16.1 Å². The summed E-state index contributed by atoms with van der Waals surface area (Å²) in [5.74, 6) is 5.24. The average Bonchev–Trinajstić information content (AvgIpc) is 2.88. The first-order valence-electron chi connectivity index (χ1n) is 7.04. The Balaban J connectivity index is 1.78. The van der Waals surface area contributed by atoms with Crippen LogP contribution in [0.1, 0.15) is 39.3 Å². The SMILES string of the molecule is Cc1cc(NN)ccc1C(=O)Nc1nc2c(s1)CCCC2. The number of aromatic nitrogens is 1. The Bertz CT molecular complexity index is 657. The molecule has 110 valence electrons. The number of hydrogen-bond donors (Lipinski definition) is 3. The smallest absolute Gasteiger partial charge is 0.257 e. The fourth-order valence-electron chi connectivity index (χ4n) is 2.58. The summed E-state index contributed by atoms with van der Waals surface area (Å²) in [6, 6.07) is 5.41. The lowest BCUT2D eigenvalue weighted by Crippen LogP contribution is -2.14. The van der Waals surface area contributed by atoms with Gasteiger partial charge >= 0.3 is 0 Å². The number of nitrogens with zero attached hydrogens (tertiary/aromatic N) is 1. The third-order valence-corrected chi connectivity index (χ3v) is 4.78. The number of nitrogen functional groups attached to an aromatic ring is 1. The second-order valence-corrected chi connectivity index (χ2v) is 6.31. The molecule has 1 amide bonds. The summed E-state index contributed by atoms with van der Waals surface area (Å²) in [4.78, 5) is 18.2. The van der Waals surface area contributed by atoms with Gasteiger partial charge in [-0.25, -0.2) is 4.98 Å². The number of nitrogens with two attached hydrogens (primary N) is 1. The third kappa shape index (κ3) is 2.91. The number of hydrogen-bond acceptors (Lipinski definition) is 5. The number of carbonyl (C=O) groups is 1. The number of rotatable bonds is 3. The maximum atomic E-state index is 12.4. The number of carbonyl (C=O) groups excluding carboxylic acids is 1. The van der Waals surface area contributed by atoms with Crippen molar-refractivity contribution in [3.8, 4) is 0 Å². The molecule has 0 saturated carbocycles. The number of amides is 1. The van der Waals surface area contributed by atoms with E-state index in [1.165, 1.54) is 17.7 Å². The van der Waals surface area contributed by atoms with Gasteiger partial charge in [-0.15, -0.1) is 11.3 Å². The van der Waals surface area contributed by atoms with E-state index in [0.717, 1.165) is 29.8 Å². The minimum Gasteiger partial charge on any atom is -0.324 e. The number of hydrazine groups is 1. The van der Waals surface area contributed by atoms with Crippen LogP contribution >= 0.6 is 11.3 Å². The van der Waals surface area contributed by atoms with Crippen molar-refractivity contribution < 1.29 is 4.79 Å². The lowest BCUT2D eigenvalue weighted by atomic mass is 10.0. The van der Waals surface area contributed by atoms with E-state index in [-0.39, 0.29) is 5.91 Å². The Morgan fingerprint density at radius 3 is 2.86 bits per heavy atom. The summed E-state index contributed by atoms with van der Waals surface area (Å²) < 4.78 is 0. The fraction of sp³-hybridized carbons (Fsp3) is 0.333. The van der Waals surface area contributed by atoms with Crippen LogP contribution in [0.5, 0.6) is 0 Å². The normalized spacial score (nSPS) is 13.6. The molecule has 1 aromatic heterocycles. The van der Waals surface area contributed by atoms with Crippen LogP contribution in [0.15, 0.2) is 18.2 Å². The van der Waals surface area contributed by atoms with Crippen LogP contribution in [-0.4, -0.2) is 10.9 Å². The van der Waals surface area contributed by atoms with Gasteiger partial charge in [0.05, 0.1) is 5.69 Å². The molecule has 0 spiro atoms. The number of anilines is 2. The molecule has 0 fully saturated rings. The molecule has 21 heavy (non-hydrogen) atoms. The standard InChI is InChI=1S/C15H18N4OS/c1-9-8-10(19-16)6-7-11(9)14(20)18-15-17-12-4-2-3-5-13(12)21-15/h6-8,19H,2-5,16H2,1H3,(H,17,18,20). The number of aryl methyl sites for hydroxylation is 3. The predicted molar refractivity (Wildman–Crippen MR) is 85.7 cm³/mol. The average molecular weight is 302 g/mol. The zero-order valence-corrected chi connectivity index (χ0v) is 12.7. The van der Waals surface area contributed by atoms with Crippen LogP contribution in [0, 0.1) is 6.92 Å². The van der Waals surface area contributed by atoms with E-state index in [9.17, 15) is 4.79 Å². The van der Waals surface area contributed by atoms with Crippen molar-refractivity contribution in [3.05, 3.63) is 39.9 Å². The van der Waals surface area contributed by atoms with Gasteiger partial charge in [-0.2, -0.15) is 0 Å². The molecule has 1 aromatic carbocycles. The molecule has 0 radical (unpaired) electrons. The van der Waals surface area contributed by atoms with Gasteiger partial charge in [0.15, 0.2) is 5.13 Å². The second-order valence-electron chi connectivity index (χ2n) is 5.22. The maximum Gasteiger partial charge on any atom is 0.257 e.